The molecular formula is C13H12FN3O3. The van der Waals surface area contributed by atoms with Gasteiger partial charge in [-0.2, -0.15) is 0 Å². The van der Waals surface area contributed by atoms with E-state index in [2.05, 4.69) is 5.32 Å². The minimum atomic E-state index is -1.16. The summed E-state index contributed by atoms with van der Waals surface area (Å²) >= 11 is 0. The van der Waals surface area contributed by atoms with Gasteiger partial charge in [-0.25, -0.2) is 4.39 Å². The van der Waals surface area contributed by atoms with Crippen molar-refractivity contribution >= 4 is 23.4 Å². The Morgan fingerprint density at radius 2 is 2.15 bits per heavy atom. The lowest BCUT2D eigenvalue weighted by molar-refractivity contribution is -0.136. The van der Waals surface area contributed by atoms with Gasteiger partial charge in [0.2, 0.25) is 11.8 Å². The molecule has 1 unspecified atom stereocenters. The zero-order valence-electron chi connectivity index (χ0n) is 12.3. The molecular weight excluding hydrogens is 265 g/mol. The van der Waals surface area contributed by atoms with E-state index >= 15 is 0 Å². The van der Waals surface area contributed by atoms with Crippen molar-refractivity contribution in [3.63, 3.8) is 0 Å². The Balaban J connectivity index is 2.02. The molecule has 2 aliphatic heterocycles. The highest BCUT2D eigenvalue weighted by Crippen LogP contribution is 2.31. The van der Waals surface area contributed by atoms with Crippen molar-refractivity contribution in [2.75, 3.05) is 5.73 Å². The van der Waals surface area contributed by atoms with E-state index in [4.69, 9.17) is 8.48 Å². The number of nitrogen functional groups attached to an aromatic ring is 1. The normalized spacial score (nSPS) is 23.4. The predicted molar refractivity (Wildman–Crippen MR) is 66.9 cm³/mol. The first kappa shape index (κ1) is 10.4. The first-order valence-corrected chi connectivity index (χ1v) is 6.04. The number of carbonyl (C=O) groups excluding carboxylic acids is 3. The Hall–Kier alpha value is -2.44. The summed E-state index contributed by atoms with van der Waals surface area (Å²) < 4.78 is 29.0. The Morgan fingerprint density at radius 3 is 2.85 bits per heavy atom. The summed E-state index contributed by atoms with van der Waals surface area (Å²) in [6.07, 6.45) is 0.256. The lowest BCUT2D eigenvalue weighted by atomic mass is 10.0. The average molecular weight is 279 g/mol. The molecule has 7 heteroatoms. The van der Waals surface area contributed by atoms with Crippen LogP contribution in [0, 0.1) is 5.82 Å². The molecule has 20 heavy (non-hydrogen) atoms. The van der Waals surface area contributed by atoms with Crippen LogP contribution in [0.3, 0.4) is 0 Å². The highest BCUT2D eigenvalue weighted by Gasteiger charge is 2.39. The number of hydrogen-bond donors (Lipinski definition) is 2. The van der Waals surface area contributed by atoms with Gasteiger partial charge in [-0.3, -0.25) is 19.7 Å². The number of benzene rings is 1. The third-order valence-electron chi connectivity index (χ3n) is 3.50. The van der Waals surface area contributed by atoms with E-state index < -0.39 is 41.7 Å². The number of nitrogens with zero attached hydrogens (tertiary/aromatic N) is 1. The molecule has 1 aromatic carbocycles. The summed E-state index contributed by atoms with van der Waals surface area (Å²) in [5.41, 5.74) is 5.44. The maximum Gasteiger partial charge on any atom is 0.255 e. The minimum absolute atomic E-state index is 0.0791. The third-order valence-corrected chi connectivity index (χ3v) is 3.50. The number of halogens is 1. The second-order valence-electron chi connectivity index (χ2n) is 4.73. The van der Waals surface area contributed by atoms with E-state index in [0.717, 1.165) is 0 Å². The van der Waals surface area contributed by atoms with Crippen LogP contribution in [-0.2, 0) is 16.1 Å². The Labute approximate surface area is 116 Å². The van der Waals surface area contributed by atoms with E-state index in [1.807, 2.05) is 0 Å². The van der Waals surface area contributed by atoms with Crippen LogP contribution in [0.2, 0.25) is 0 Å². The first-order chi connectivity index (χ1) is 10.3. The fourth-order valence-corrected chi connectivity index (χ4v) is 2.51. The number of anilines is 1. The first-order valence-electron chi connectivity index (χ1n) is 7.04. The number of nitrogens with two attached hydrogens (primary N) is 1. The molecule has 0 spiro atoms. The number of hydrogen-bond acceptors (Lipinski definition) is 4. The summed E-state index contributed by atoms with van der Waals surface area (Å²) in [7, 11) is 0. The highest BCUT2D eigenvalue weighted by molar-refractivity contribution is 6.06. The number of nitrogens with one attached hydrogen (secondary N) is 1. The summed E-state index contributed by atoms with van der Waals surface area (Å²) in [6.45, 7) is -0.0791. The molecule has 0 aromatic heterocycles. The van der Waals surface area contributed by atoms with Crippen LogP contribution in [-0.4, -0.2) is 28.7 Å². The zero-order valence-corrected chi connectivity index (χ0v) is 10.3. The molecule has 0 saturated carbocycles. The molecule has 0 aliphatic carbocycles. The van der Waals surface area contributed by atoms with Gasteiger partial charge in [0.1, 0.15) is 11.9 Å². The molecule has 3 N–H and O–H groups in total. The lowest BCUT2D eigenvalue weighted by Crippen LogP contribution is -2.52. The van der Waals surface area contributed by atoms with Gasteiger partial charge in [0.25, 0.3) is 5.91 Å². The fraction of sp³-hybridized carbons (Fsp3) is 0.308. The quantitative estimate of drug-likeness (QED) is 0.566. The Kier molecular flexibility index (Phi) is 2.22. The van der Waals surface area contributed by atoms with E-state index in [0.29, 0.717) is 0 Å². The van der Waals surface area contributed by atoms with Crippen LogP contribution < -0.4 is 11.1 Å². The van der Waals surface area contributed by atoms with Crippen molar-refractivity contribution in [1.82, 2.24) is 10.2 Å². The molecule has 1 atom stereocenters. The van der Waals surface area contributed by atoms with Crippen LogP contribution in [0.4, 0.5) is 10.1 Å². The zero-order chi connectivity index (χ0) is 16.2. The van der Waals surface area contributed by atoms with Crippen molar-refractivity contribution in [3.05, 3.63) is 29.0 Å². The number of piperidine rings is 1. The van der Waals surface area contributed by atoms with E-state index in [1.54, 1.807) is 0 Å². The second kappa shape index (κ2) is 4.29. The predicted octanol–water partition coefficient (Wildman–Crippen LogP) is 0.169. The standard InChI is InChI=1S/C13H12FN3O3/c14-6-3-7-8(9(15)4-6)5-17(13(7)20)10-1-2-11(18)16-12(10)19/h3-4,10H,1-2,5,15H2,(H,16,18,19)/i3D,4D. The van der Waals surface area contributed by atoms with Crippen LogP contribution in [0.15, 0.2) is 12.1 Å². The maximum atomic E-state index is 13.8. The number of carbonyl (C=O) groups is 3. The molecule has 3 rings (SSSR count). The summed E-state index contributed by atoms with van der Waals surface area (Å²) in [4.78, 5) is 36.6. The van der Waals surface area contributed by atoms with E-state index in [9.17, 15) is 18.8 Å². The van der Waals surface area contributed by atoms with Gasteiger partial charge in [0, 0.05) is 29.8 Å². The van der Waals surface area contributed by atoms with E-state index in [1.165, 1.54) is 4.90 Å². The van der Waals surface area contributed by atoms with Gasteiger partial charge in [0.05, 0.1) is 2.74 Å². The summed E-state index contributed by atoms with van der Waals surface area (Å²) in [6, 6.07) is -2.18. The van der Waals surface area contributed by atoms with Crippen molar-refractivity contribution in [3.8, 4) is 0 Å². The van der Waals surface area contributed by atoms with Crippen molar-refractivity contribution < 1.29 is 21.5 Å². The fourth-order valence-electron chi connectivity index (χ4n) is 2.51. The minimum Gasteiger partial charge on any atom is -0.398 e. The second-order valence-corrected chi connectivity index (χ2v) is 4.73. The molecule has 6 nitrogen and oxygen atoms in total. The topological polar surface area (TPSA) is 92.5 Å². The molecule has 3 amide bonds. The molecule has 104 valence electrons. The van der Waals surface area contributed by atoms with Crippen LogP contribution in [0.25, 0.3) is 0 Å². The van der Waals surface area contributed by atoms with Crippen LogP contribution in [0.5, 0.6) is 0 Å². The molecule has 1 fully saturated rings. The monoisotopic (exact) mass is 279 g/mol. The van der Waals surface area contributed by atoms with Crippen LogP contribution >= 0.6 is 0 Å². The Morgan fingerprint density at radius 1 is 1.40 bits per heavy atom. The SMILES string of the molecule is [2H]c1c(N)c2c(c([2H])c1F)C(=O)N(C1CCC(=O)NC1=O)C2. The third kappa shape index (κ3) is 1.82. The smallest absolute Gasteiger partial charge is 0.255 e. The number of fused-ring (bicyclic) bond motifs is 1. The number of rotatable bonds is 1. The van der Waals surface area contributed by atoms with Crippen molar-refractivity contribution in [1.29, 1.82) is 0 Å². The van der Waals surface area contributed by atoms with Gasteiger partial charge in [-0.15, -0.1) is 0 Å². The largest absolute Gasteiger partial charge is 0.398 e. The van der Waals surface area contributed by atoms with Gasteiger partial charge in [-0.1, -0.05) is 0 Å². The van der Waals surface area contributed by atoms with Gasteiger partial charge in [0.15, 0.2) is 0 Å². The molecule has 0 radical (unpaired) electrons. The van der Waals surface area contributed by atoms with Gasteiger partial charge in [-0.05, 0) is 18.5 Å². The van der Waals surface area contributed by atoms with E-state index in [-0.39, 0.29) is 36.2 Å². The molecule has 1 saturated heterocycles. The maximum absolute atomic E-state index is 13.8. The number of imide groups is 1. The van der Waals surface area contributed by atoms with Gasteiger partial charge >= 0.3 is 0 Å². The summed E-state index contributed by atoms with van der Waals surface area (Å²) in [5, 5.41) is 2.14. The van der Waals surface area contributed by atoms with Crippen molar-refractivity contribution in [2.45, 2.75) is 25.4 Å². The molecule has 2 heterocycles. The van der Waals surface area contributed by atoms with Gasteiger partial charge < -0.3 is 10.6 Å². The van der Waals surface area contributed by atoms with Crippen molar-refractivity contribution in [2.24, 2.45) is 0 Å². The number of amides is 3. The molecule has 1 aromatic rings. The highest BCUT2D eigenvalue weighted by atomic mass is 19.1. The van der Waals surface area contributed by atoms with Crippen LogP contribution in [0.1, 0.15) is 31.5 Å². The molecule has 2 aliphatic rings. The lowest BCUT2D eigenvalue weighted by Gasteiger charge is -2.29. The average Bonchev–Trinajstić information content (AvgIpc) is 2.81. The molecule has 0 bridgehead atoms. The Bertz CT molecular complexity index is 738. The summed E-state index contributed by atoms with van der Waals surface area (Å²) in [5.74, 6) is -2.85.